The molecule has 0 unspecified atom stereocenters. The Balaban J connectivity index is 3.06. The third-order valence-corrected chi connectivity index (χ3v) is 1.61. The van der Waals surface area contributed by atoms with Crippen LogP contribution in [0.3, 0.4) is 0 Å². The molecule has 0 fully saturated rings. The van der Waals surface area contributed by atoms with Gasteiger partial charge in [-0.1, -0.05) is 12.1 Å². The highest BCUT2D eigenvalue weighted by molar-refractivity contribution is 6.81. The number of carbonyl (C=O) groups excluding carboxylic acids is 1. The van der Waals surface area contributed by atoms with E-state index in [0.29, 0.717) is 5.75 Å². The summed E-state index contributed by atoms with van der Waals surface area (Å²) >= 11 is 0. The van der Waals surface area contributed by atoms with Crippen molar-refractivity contribution in [2.24, 2.45) is 0 Å². The molecule has 5 heteroatoms. The van der Waals surface area contributed by atoms with Gasteiger partial charge in [0.1, 0.15) is 5.75 Å². The largest absolute Gasteiger partial charge is 0.532 e. The summed E-state index contributed by atoms with van der Waals surface area (Å²) in [5, 5.41) is 17.3. The van der Waals surface area contributed by atoms with E-state index < -0.39 is 12.8 Å². The van der Waals surface area contributed by atoms with Gasteiger partial charge < -0.3 is 14.8 Å². The predicted octanol–water partition coefficient (Wildman–Crippen LogP) is -0.110. The lowest BCUT2D eigenvalue weighted by Crippen LogP contribution is -2.25. The molecule has 1 rings (SSSR count). The first-order valence-electron chi connectivity index (χ1n) is 3.70. The second kappa shape index (κ2) is 4.07. The van der Waals surface area contributed by atoms with E-state index in [9.17, 15) is 4.79 Å². The Kier molecular flexibility index (Phi) is 3.05. The lowest BCUT2D eigenvalue weighted by molar-refractivity contribution is 0.103. The van der Waals surface area contributed by atoms with E-state index in [1.165, 1.54) is 13.2 Å². The zero-order chi connectivity index (χ0) is 9.84. The Labute approximate surface area is 75.9 Å². The summed E-state index contributed by atoms with van der Waals surface area (Å²) in [7, 11) is -0.577. The predicted molar refractivity (Wildman–Crippen MR) is 47.5 cm³/mol. The van der Waals surface area contributed by atoms with Crippen molar-refractivity contribution >= 4 is 12.8 Å². The minimum absolute atomic E-state index is 0.167. The molecule has 0 saturated carbocycles. The molecule has 0 radical (unpaired) electrons. The normalized spacial score (nSPS) is 9.46. The highest BCUT2D eigenvalue weighted by Crippen LogP contribution is 2.17. The Morgan fingerprint density at radius 1 is 1.38 bits per heavy atom. The monoisotopic (exact) mass is 180 g/mol. The van der Waals surface area contributed by atoms with E-state index in [-0.39, 0.29) is 5.56 Å². The summed E-state index contributed by atoms with van der Waals surface area (Å²) in [4.78, 5) is 11.1. The van der Waals surface area contributed by atoms with Crippen LogP contribution in [0, 0.1) is 0 Å². The fourth-order valence-electron chi connectivity index (χ4n) is 0.987. The summed E-state index contributed by atoms with van der Waals surface area (Å²) in [6.07, 6.45) is 0. The molecule has 0 aromatic heterocycles. The summed E-state index contributed by atoms with van der Waals surface area (Å²) in [5.74, 6) is 0.334. The molecule has 0 aliphatic rings. The van der Waals surface area contributed by atoms with E-state index in [1.54, 1.807) is 18.2 Å². The second-order valence-corrected chi connectivity index (χ2v) is 2.44. The molecule has 0 aliphatic carbocycles. The number of hydrogen-bond donors (Lipinski definition) is 2. The molecule has 0 aliphatic heterocycles. The van der Waals surface area contributed by atoms with Gasteiger partial charge in [-0.15, -0.1) is 0 Å². The first-order chi connectivity index (χ1) is 6.16. The number of carbonyl (C=O) groups is 1. The first-order valence-corrected chi connectivity index (χ1v) is 3.70. The lowest BCUT2D eigenvalue weighted by Gasteiger charge is -2.05. The highest BCUT2D eigenvalue weighted by atomic mass is 16.5. The number of hydrogen-bond acceptors (Lipinski definition) is 4. The third kappa shape index (κ3) is 2.08. The van der Waals surface area contributed by atoms with Gasteiger partial charge in [0.2, 0.25) is 0 Å². The average Bonchev–Trinajstić information content (AvgIpc) is 2.16. The maximum Gasteiger partial charge on any atom is 0.532 e. The molecule has 2 N–H and O–H groups in total. The molecule has 1 aromatic rings. The van der Waals surface area contributed by atoms with E-state index in [4.69, 9.17) is 14.8 Å². The van der Waals surface area contributed by atoms with E-state index >= 15 is 0 Å². The van der Waals surface area contributed by atoms with Crippen LogP contribution in [0.25, 0.3) is 0 Å². The van der Waals surface area contributed by atoms with Crippen molar-refractivity contribution in [2.45, 2.75) is 0 Å². The topological polar surface area (TPSA) is 66.8 Å². The minimum atomic E-state index is -1.99. The Bertz CT molecular complexity index is 311. The smallest absolute Gasteiger partial charge is 0.496 e. The van der Waals surface area contributed by atoms with Gasteiger partial charge >= 0.3 is 7.12 Å². The molecular formula is C8H9BO4. The van der Waals surface area contributed by atoms with Gasteiger partial charge in [-0.25, -0.2) is 0 Å². The SMILES string of the molecule is COc1ccccc1C(=O)B(O)O. The van der Waals surface area contributed by atoms with Gasteiger partial charge in [0, 0.05) is 0 Å². The van der Waals surface area contributed by atoms with Crippen LogP contribution < -0.4 is 4.74 Å². The van der Waals surface area contributed by atoms with Crippen molar-refractivity contribution in [1.82, 2.24) is 0 Å². The summed E-state index contributed by atoms with van der Waals surface area (Å²) in [6.45, 7) is 0. The maximum atomic E-state index is 11.1. The molecule has 1 aromatic carbocycles. The van der Waals surface area contributed by atoms with E-state index in [1.807, 2.05) is 0 Å². The second-order valence-electron chi connectivity index (χ2n) is 2.44. The van der Waals surface area contributed by atoms with E-state index in [0.717, 1.165) is 0 Å². The van der Waals surface area contributed by atoms with Crippen molar-refractivity contribution in [1.29, 1.82) is 0 Å². The van der Waals surface area contributed by atoms with Crippen molar-refractivity contribution in [3.05, 3.63) is 29.8 Å². The Hall–Kier alpha value is -1.33. The quantitative estimate of drug-likeness (QED) is 0.636. The van der Waals surface area contributed by atoms with Crippen LogP contribution in [0.1, 0.15) is 10.4 Å². The van der Waals surface area contributed by atoms with Gasteiger partial charge in [0.05, 0.1) is 12.7 Å². The minimum Gasteiger partial charge on any atom is -0.496 e. The zero-order valence-corrected chi connectivity index (χ0v) is 7.10. The average molecular weight is 180 g/mol. The molecule has 4 nitrogen and oxygen atoms in total. The molecule has 0 spiro atoms. The molecule has 0 bridgehead atoms. The van der Waals surface area contributed by atoms with Gasteiger partial charge in [-0.2, -0.15) is 0 Å². The van der Waals surface area contributed by atoms with Crippen LogP contribution in [0.15, 0.2) is 24.3 Å². The number of ether oxygens (including phenoxy) is 1. The van der Waals surface area contributed by atoms with Crippen molar-refractivity contribution in [2.75, 3.05) is 7.11 Å². The van der Waals surface area contributed by atoms with Gasteiger partial charge in [0.15, 0.2) is 5.68 Å². The maximum absolute atomic E-state index is 11.1. The van der Waals surface area contributed by atoms with Crippen molar-refractivity contribution < 1.29 is 19.6 Å². The fraction of sp³-hybridized carbons (Fsp3) is 0.125. The first kappa shape index (κ1) is 9.76. The van der Waals surface area contributed by atoms with Crippen LogP contribution in [0.4, 0.5) is 0 Å². The lowest BCUT2D eigenvalue weighted by atomic mass is 9.80. The number of methoxy groups -OCH3 is 1. The molecule has 0 heterocycles. The molecule has 0 saturated heterocycles. The third-order valence-electron chi connectivity index (χ3n) is 1.61. The fourth-order valence-corrected chi connectivity index (χ4v) is 0.987. The standard InChI is InChI=1S/C8H9BO4/c1-13-7-5-3-2-4-6(7)8(10)9(11)12/h2-5,11-12H,1H3. The van der Waals surface area contributed by atoms with E-state index in [2.05, 4.69) is 0 Å². The van der Waals surface area contributed by atoms with Crippen LogP contribution in [0.2, 0.25) is 0 Å². The number of rotatable bonds is 3. The van der Waals surface area contributed by atoms with Crippen molar-refractivity contribution in [3.8, 4) is 5.75 Å². The molecule has 13 heavy (non-hydrogen) atoms. The molecule has 0 amide bonds. The van der Waals surface area contributed by atoms with Crippen LogP contribution >= 0.6 is 0 Å². The number of para-hydroxylation sites is 1. The van der Waals surface area contributed by atoms with Gasteiger partial charge in [-0.3, -0.25) is 4.79 Å². The summed E-state index contributed by atoms with van der Waals surface area (Å²) in [5.41, 5.74) is -0.600. The summed E-state index contributed by atoms with van der Waals surface area (Å²) in [6, 6.07) is 6.37. The van der Waals surface area contributed by atoms with Crippen LogP contribution in [0.5, 0.6) is 5.75 Å². The van der Waals surface area contributed by atoms with Gasteiger partial charge in [0.25, 0.3) is 0 Å². The highest BCUT2D eigenvalue weighted by Gasteiger charge is 2.23. The van der Waals surface area contributed by atoms with Crippen LogP contribution in [-0.4, -0.2) is 30.0 Å². The van der Waals surface area contributed by atoms with Crippen LogP contribution in [-0.2, 0) is 0 Å². The molecule has 68 valence electrons. The number of benzene rings is 1. The van der Waals surface area contributed by atoms with Gasteiger partial charge in [-0.05, 0) is 12.1 Å². The Morgan fingerprint density at radius 3 is 2.54 bits per heavy atom. The Morgan fingerprint density at radius 2 is 2.00 bits per heavy atom. The molecule has 0 atom stereocenters. The molecular weight excluding hydrogens is 171 g/mol. The summed E-state index contributed by atoms with van der Waals surface area (Å²) < 4.78 is 4.87. The zero-order valence-electron chi connectivity index (χ0n) is 7.10. The van der Waals surface area contributed by atoms with Crippen molar-refractivity contribution in [3.63, 3.8) is 0 Å².